The van der Waals surface area contributed by atoms with Gasteiger partial charge in [-0.1, -0.05) is 6.07 Å². The molecule has 1 aliphatic rings. The first-order valence-electron chi connectivity index (χ1n) is 6.50. The van der Waals surface area contributed by atoms with E-state index >= 15 is 0 Å². The van der Waals surface area contributed by atoms with Crippen molar-refractivity contribution >= 4 is 5.97 Å². The summed E-state index contributed by atoms with van der Waals surface area (Å²) in [6.07, 6.45) is 5.86. The quantitative estimate of drug-likeness (QED) is 0.768. The molecule has 3 heteroatoms. The van der Waals surface area contributed by atoms with Crippen molar-refractivity contribution in [1.29, 1.82) is 0 Å². The number of fused-ring (bicyclic) bond motifs is 1. The summed E-state index contributed by atoms with van der Waals surface area (Å²) in [6, 6.07) is 4.11. The van der Waals surface area contributed by atoms with E-state index in [0.717, 1.165) is 25.0 Å². The summed E-state index contributed by atoms with van der Waals surface area (Å²) < 4.78 is 10.1. The Bertz CT molecular complexity index is 438. The van der Waals surface area contributed by atoms with Gasteiger partial charge in [0.15, 0.2) is 0 Å². The molecule has 0 amide bonds. The van der Waals surface area contributed by atoms with Gasteiger partial charge in [-0.3, -0.25) is 4.79 Å². The van der Waals surface area contributed by atoms with Crippen LogP contribution in [0.5, 0.6) is 5.75 Å². The van der Waals surface area contributed by atoms with Crippen LogP contribution < -0.4 is 4.74 Å². The molecule has 0 aliphatic heterocycles. The van der Waals surface area contributed by atoms with Gasteiger partial charge < -0.3 is 9.47 Å². The topological polar surface area (TPSA) is 35.5 Å². The Balaban J connectivity index is 2.23. The van der Waals surface area contributed by atoms with Crippen molar-refractivity contribution in [2.75, 3.05) is 14.2 Å². The van der Waals surface area contributed by atoms with Crippen molar-refractivity contribution in [2.24, 2.45) is 0 Å². The van der Waals surface area contributed by atoms with E-state index in [9.17, 15) is 4.79 Å². The van der Waals surface area contributed by atoms with Gasteiger partial charge in [0, 0.05) is 6.42 Å². The first-order chi connectivity index (χ1) is 8.76. The Morgan fingerprint density at radius 1 is 1.17 bits per heavy atom. The predicted octanol–water partition coefficient (Wildman–Crippen LogP) is 2.68. The standard InChI is InChI=1S/C15H20O3/c1-17-14-9-7-11(8-10-15(16)18-2)12-5-3-4-6-13(12)14/h7,9H,3-6,8,10H2,1-2H3. The van der Waals surface area contributed by atoms with E-state index in [1.807, 2.05) is 6.07 Å². The number of hydrogen-bond donors (Lipinski definition) is 0. The Morgan fingerprint density at radius 2 is 1.89 bits per heavy atom. The molecular formula is C15H20O3. The van der Waals surface area contributed by atoms with E-state index in [1.165, 1.54) is 36.6 Å². The average molecular weight is 248 g/mol. The van der Waals surface area contributed by atoms with Gasteiger partial charge in [-0.2, -0.15) is 0 Å². The molecule has 0 N–H and O–H groups in total. The van der Waals surface area contributed by atoms with Gasteiger partial charge in [0.1, 0.15) is 5.75 Å². The largest absolute Gasteiger partial charge is 0.496 e. The highest BCUT2D eigenvalue weighted by atomic mass is 16.5. The van der Waals surface area contributed by atoms with Crippen LogP contribution in [0.3, 0.4) is 0 Å². The zero-order valence-corrected chi connectivity index (χ0v) is 11.1. The maximum Gasteiger partial charge on any atom is 0.305 e. The second-order valence-electron chi connectivity index (χ2n) is 4.67. The number of aryl methyl sites for hydroxylation is 1. The van der Waals surface area contributed by atoms with Crippen molar-refractivity contribution in [2.45, 2.75) is 38.5 Å². The van der Waals surface area contributed by atoms with E-state index in [0.29, 0.717) is 6.42 Å². The van der Waals surface area contributed by atoms with E-state index in [1.54, 1.807) is 7.11 Å². The van der Waals surface area contributed by atoms with Gasteiger partial charge in [-0.15, -0.1) is 0 Å². The molecule has 0 unspecified atom stereocenters. The summed E-state index contributed by atoms with van der Waals surface area (Å²) in [5.41, 5.74) is 4.01. The zero-order chi connectivity index (χ0) is 13.0. The number of ether oxygens (including phenoxy) is 2. The number of esters is 1. The Kier molecular flexibility index (Phi) is 4.24. The fourth-order valence-electron chi connectivity index (χ4n) is 2.67. The maximum absolute atomic E-state index is 11.2. The zero-order valence-electron chi connectivity index (χ0n) is 11.1. The van der Waals surface area contributed by atoms with Crippen LogP contribution in [0.4, 0.5) is 0 Å². The minimum atomic E-state index is -0.143. The third kappa shape index (κ3) is 2.66. The summed E-state index contributed by atoms with van der Waals surface area (Å²) in [4.78, 5) is 11.2. The molecule has 0 heterocycles. The van der Waals surface area contributed by atoms with Crippen molar-refractivity contribution in [3.63, 3.8) is 0 Å². The van der Waals surface area contributed by atoms with E-state index in [4.69, 9.17) is 9.47 Å². The number of rotatable bonds is 4. The molecule has 1 aliphatic carbocycles. The molecule has 3 nitrogen and oxygen atoms in total. The molecule has 1 aromatic carbocycles. The second kappa shape index (κ2) is 5.89. The van der Waals surface area contributed by atoms with Crippen LogP contribution in [-0.4, -0.2) is 20.2 Å². The molecule has 98 valence electrons. The summed E-state index contributed by atoms with van der Waals surface area (Å²) >= 11 is 0. The second-order valence-corrected chi connectivity index (χ2v) is 4.67. The number of hydrogen-bond acceptors (Lipinski definition) is 3. The molecule has 1 aromatic rings. The summed E-state index contributed by atoms with van der Waals surface area (Å²) in [5, 5.41) is 0. The normalized spacial score (nSPS) is 13.9. The molecule has 0 spiro atoms. The van der Waals surface area contributed by atoms with Crippen LogP contribution in [0.1, 0.15) is 36.0 Å². The SMILES string of the molecule is COC(=O)CCc1ccc(OC)c2c1CCCC2. The van der Waals surface area contributed by atoms with E-state index < -0.39 is 0 Å². The highest BCUT2D eigenvalue weighted by molar-refractivity contribution is 5.69. The van der Waals surface area contributed by atoms with Crippen LogP contribution in [0, 0.1) is 0 Å². The van der Waals surface area contributed by atoms with Gasteiger partial charge in [0.2, 0.25) is 0 Å². The molecule has 0 bridgehead atoms. The lowest BCUT2D eigenvalue weighted by Gasteiger charge is -2.21. The number of carbonyl (C=O) groups excluding carboxylic acids is 1. The highest BCUT2D eigenvalue weighted by Crippen LogP contribution is 2.32. The fraction of sp³-hybridized carbons (Fsp3) is 0.533. The van der Waals surface area contributed by atoms with Gasteiger partial charge >= 0.3 is 5.97 Å². The Labute approximate surface area is 108 Å². The van der Waals surface area contributed by atoms with Gasteiger partial charge in [-0.25, -0.2) is 0 Å². The molecule has 2 rings (SSSR count). The lowest BCUT2D eigenvalue weighted by atomic mass is 9.86. The van der Waals surface area contributed by atoms with Crippen LogP contribution in [0.2, 0.25) is 0 Å². The molecular weight excluding hydrogens is 228 g/mol. The molecule has 0 saturated carbocycles. The number of methoxy groups -OCH3 is 2. The Morgan fingerprint density at radius 3 is 2.56 bits per heavy atom. The Hall–Kier alpha value is -1.51. The first-order valence-corrected chi connectivity index (χ1v) is 6.50. The van der Waals surface area contributed by atoms with Gasteiger partial charge in [0.25, 0.3) is 0 Å². The molecule has 0 aromatic heterocycles. The highest BCUT2D eigenvalue weighted by Gasteiger charge is 2.17. The monoisotopic (exact) mass is 248 g/mol. The third-order valence-corrected chi connectivity index (χ3v) is 3.63. The van der Waals surface area contributed by atoms with E-state index in [2.05, 4.69) is 6.07 Å². The van der Waals surface area contributed by atoms with Crippen molar-refractivity contribution in [3.05, 3.63) is 28.8 Å². The summed E-state index contributed by atoms with van der Waals surface area (Å²) in [6.45, 7) is 0. The molecule has 0 atom stereocenters. The van der Waals surface area contributed by atoms with Crippen LogP contribution in [-0.2, 0) is 28.8 Å². The van der Waals surface area contributed by atoms with Crippen LogP contribution in [0.15, 0.2) is 12.1 Å². The number of carbonyl (C=O) groups is 1. The third-order valence-electron chi connectivity index (χ3n) is 3.63. The van der Waals surface area contributed by atoms with Crippen LogP contribution >= 0.6 is 0 Å². The lowest BCUT2D eigenvalue weighted by molar-refractivity contribution is -0.140. The van der Waals surface area contributed by atoms with E-state index in [-0.39, 0.29) is 5.97 Å². The average Bonchev–Trinajstić information content (AvgIpc) is 2.44. The maximum atomic E-state index is 11.2. The van der Waals surface area contributed by atoms with Crippen molar-refractivity contribution in [1.82, 2.24) is 0 Å². The molecule has 18 heavy (non-hydrogen) atoms. The van der Waals surface area contributed by atoms with Gasteiger partial charge in [0.05, 0.1) is 14.2 Å². The summed E-state index contributed by atoms with van der Waals surface area (Å²) in [7, 11) is 3.16. The summed E-state index contributed by atoms with van der Waals surface area (Å²) in [5.74, 6) is 0.849. The van der Waals surface area contributed by atoms with Crippen LogP contribution in [0.25, 0.3) is 0 Å². The first kappa shape index (κ1) is 12.9. The lowest BCUT2D eigenvalue weighted by Crippen LogP contribution is -2.10. The minimum Gasteiger partial charge on any atom is -0.496 e. The van der Waals surface area contributed by atoms with Crippen molar-refractivity contribution in [3.8, 4) is 5.75 Å². The molecule has 0 saturated heterocycles. The smallest absolute Gasteiger partial charge is 0.305 e. The molecule has 0 fully saturated rings. The molecule has 0 radical (unpaired) electrons. The fourth-order valence-corrected chi connectivity index (χ4v) is 2.67. The number of benzene rings is 1. The predicted molar refractivity (Wildman–Crippen MR) is 70.0 cm³/mol. The van der Waals surface area contributed by atoms with Crippen molar-refractivity contribution < 1.29 is 14.3 Å². The van der Waals surface area contributed by atoms with Gasteiger partial charge in [-0.05, 0) is 54.9 Å². The minimum absolute atomic E-state index is 0.143.